The van der Waals surface area contributed by atoms with Gasteiger partial charge < -0.3 is 14.8 Å². The predicted octanol–water partition coefficient (Wildman–Crippen LogP) is 2.74. The van der Waals surface area contributed by atoms with Crippen molar-refractivity contribution in [3.05, 3.63) is 53.7 Å². The highest BCUT2D eigenvalue weighted by Gasteiger charge is 2.22. The molecule has 1 N–H and O–H groups in total. The van der Waals surface area contributed by atoms with E-state index in [0.29, 0.717) is 24.8 Å². The lowest BCUT2D eigenvalue weighted by Gasteiger charge is -2.08. The van der Waals surface area contributed by atoms with Crippen LogP contribution in [0.15, 0.2) is 42.6 Å². The van der Waals surface area contributed by atoms with Crippen molar-refractivity contribution >= 4 is 5.91 Å². The molecule has 1 amide bonds. The van der Waals surface area contributed by atoms with Crippen LogP contribution in [0.1, 0.15) is 24.0 Å². The number of nitrogens with zero attached hydrogens (tertiary/aromatic N) is 1. The molecule has 1 saturated carbocycles. The Morgan fingerprint density at radius 3 is 2.83 bits per heavy atom. The van der Waals surface area contributed by atoms with Crippen molar-refractivity contribution in [1.82, 2.24) is 10.3 Å². The molecule has 0 radical (unpaired) electrons. The number of benzene rings is 1. The van der Waals surface area contributed by atoms with Crippen molar-refractivity contribution in [2.24, 2.45) is 5.92 Å². The molecule has 1 aliphatic carbocycles. The highest BCUT2D eigenvalue weighted by Crippen LogP contribution is 2.29. The summed E-state index contributed by atoms with van der Waals surface area (Å²) >= 11 is 0. The number of hydrogen-bond acceptors (Lipinski definition) is 4. The van der Waals surface area contributed by atoms with Crippen molar-refractivity contribution in [1.29, 1.82) is 0 Å². The van der Waals surface area contributed by atoms with Crippen LogP contribution >= 0.6 is 0 Å². The fourth-order valence-electron chi connectivity index (χ4n) is 2.32. The average Bonchev–Trinajstić information content (AvgIpc) is 3.44. The van der Waals surface area contributed by atoms with Crippen molar-refractivity contribution in [2.45, 2.75) is 25.8 Å². The summed E-state index contributed by atoms with van der Waals surface area (Å²) in [4.78, 5) is 16.3. The van der Waals surface area contributed by atoms with Gasteiger partial charge in [0.25, 0.3) is 0 Å². The molecule has 0 bridgehead atoms. The van der Waals surface area contributed by atoms with Gasteiger partial charge in [0.1, 0.15) is 5.75 Å². The Hall–Kier alpha value is -2.56. The Labute approximate surface area is 142 Å². The molecule has 126 valence electrons. The summed E-state index contributed by atoms with van der Waals surface area (Å²) in [6, 6.07) is 11.3. The van der Waals surface area contributed by atoms with Gasteiger partial charge in [-0.2, -0.15) is 0 Å². The van der Waals surface area contributed by atoms with E-state index in [1.165, 1.54) is 12.8 Å². The van der Waals surface area contributed by atoms with Gasteiger partial charge in [-0.15, -0.1) is 0 Å². The fraction of sp³-hybridized carbons (Fsp3) is 0.368. The van der Waals surface area contributed by atoms with Gasteiger partial charge in [0.05, 0.1) is 20.1 Å². The number of amides is 1. The minimum absolute atomic E-state index is 0.0303. The molecule has 5 heteroatoms. The van der Waals surface area contributed by atoms with Gasteiger partial charge in [-0.05, 0) is 42.0 Å². The smallest absolute Gasteiger partial charge is 0.224 e. The van der Waals surface area contributed by atoms with Gasteiger partial charge in [-0.25, -0.2) is 4.98 Å². The quantitative estimate of drug-likeness (QED) is 0.810. The van der Waals surface area contributed by atoms with Crippen molar-refractivity contribution in [3.8, 4) is 11.6 Å². The van der Waals surface area contributed by atoms with E-state index in [4.69, 9.17) is 9.47 Å². The highest BCUT2D eigenvalue weighted by atomic mass is 16.5. The van der Waals surface area contributed by atoms with E-state index < -0.39 is 0 Å². The van der Waals surface area contributed by atoms with E-state index in [-0.39, 0.29) is 5.91 Å². The van der Waals surface area contributed by atoms with Crippen LogP contribution in [0.25, 0.3) is 0 Å². The summed E-state index contributed by atoms with van der Waals surface area (Å²) < 4.78 is 10.8. The summed E-state index contributed by atoms with van der Waals surface area (Å²) in [5, 5.41) is 2.90. The third-order valence-electron chi connectivity index (χ3n) is 3.95. The maximum absolute atomic E-state index is 12.0. The van der Waals surface area contributed by atoms with Gasteiger partial charge >= 0.3 is 0 Å². The molecule has 2 aromatic rings. The van der Waals surface area contributed by atoms with Crippen LogP contribution in [0.4, 0.5) is 0 Å². The topological polar surface area (TPSA) is 60.5 Å². The molecule has 1 fully saturated rings. The first-order valence-electron chi connectivity index (χ1n) is 8.20. The first-order valence-corrected chi connectivity index (χ1v) is 8.20. The summed E-state index contributed by atoms with van der Waals surface area (Å²) in [6.45, 7) is 1.21. The van der Waals surface area contributed by atoms with E-state index >= 15 is 0 Å². The molecular formula is C19H22N2O3. The third-order valence-corrected chi connectivity index (χ3v) is 3.95. The minimum atomic E-state index is -0.0303. The number of rotatable bonds is 8. The number of pyridine rings is 1. The average molecular weight is 326 g/mol. The molecule has 1 aliphatic rings. The number of methoxy groups -OCH3 is 1. The van der Waals surface area contributed by atoms with E-state index in [1.54, 1.807) is 13.3 Å². The third kappa shape index (κ3) is 4.98. The molecule has 0 atom stereocenters. The molecular weight excluding hydrogens is 304 g/mol. The van der Waals surface area contributed by atoms with Crippen LogP contribution in [0, 0.1) is 5.92 Å². The lowest BCUT2D eigenvalue weighted by atomic mass is 10.1. The molecule has 0 spiro atoms. The standard InChI is InChI=1S/C19H22N2O3/c1-23-17-4-2-3-15(9-17)10-18(22)20-11-16-7-8-19(21-12-16)24-13-14-5-6-14/h2-4,7-9,12,14H,5-6,10-11,13H2,1H3,(H,20,22). The first-order chi connectivity index (χ1) is 11.7. The zero-order valence-electron chi connectivity index (χ0n) is 13.8. The Balaban J connectivity index is 1.44. The van der Waals surface area contributed by atoms with E-state index in [2.05, 4.69) is 10.3 Å². The summed E-state index contributed by atoms with van der Waals surface area (Å²) in [5.74, 6) is 2.08. The number of hydrogen-bond donors (Lipinski definition) is 1. The summed E-state index contributed by atoms with van der Waals surface area (Å²) in [7, 11) is 1.62. The molecule has 3 rings (SSSR count). The van der Waals surface area contributed by atoms with Crippen molar-refractivity contribution < 1.29 is 14.3 Å². The van der Waals surface area contributed by atoms with E-state index in [9.17, 15) is 4.79 Å². The maximum Gasteiger partial charge on any atom is 0.224 e. The SMILES string of the molecule is COc1cccc(CC(=O)NCc2ccc(OCC3CC3)nc2)c1. The normalized spacial score (nSPS) is 13.4. The number of nitrogens with one attached hydrogen (secondary N) is 1. The van der Waals surface area contributed by atoms with Crippen LogP contribution in [0.2, 0.25) is 0 Å². The molecule has 0 saturated heterocycles. The molecule has 1 aromatic heterocycles. The molecule has 24 heavy (non-hydrogen) atoms. The zero-order chi connectivity index (χ0) is 16.8. The van der Waals surface area contributed by atoms with E-state index in [0.717, 1.165) is 23.5 Å². The van der Waals surface area contributed by atoms with Crippen molar-refractivity contribution in [3.63, 3.8) is 0 Å². The summed E-state index contributed by atoms with van der Waals surface area (Å²) in [5.41, 5.74) is 1.88. The number of carbonyl (C=O) groups is 1. The van der Waals surface area contributed by atoms with Crippen LogP contribution in [-0.2, 0) is 17.8 Å². The molecule has 1 aromatic carbocycles. The Morgan fingerprint density at radius 2 is 2.12 bits per heavy atom. The second-order valence-electron chi connectivity index (χ2n) is 6.06. The Bertz CT molecular complexity index is 681. The maximum atomic E-state index is 12.0. The number of ether oxygens (including phenoxy) is 2. The van der Waals surface area contributed by atoms with Crippen LogP contribution in [0.3, 0.4) is 0 Å². The molecule has 5 nitrogen and oxygen atoms in total. The predicted molar refractivity (Wildman–Crippen MR) is 91.0 cm³/mol. The van der Waals surface area contributed by atoms with Gasteiger partial charge in [0.2, 0.25) is 11.8 Å². The zero-order valence-corrected chi connectivity index (χ0v) is 13.8. The van der Waals surface area contributed by atoms with Crippen LogP contribution in [0.5, 0.6) is 11.6 Å². The largest absolute Gasteiger partial charge is 0.497 e. The highest BCUT2D eigenvalue weighted by molar-refractivity contribution is 5.78. The number of aromatic nitrogens is 1. The minimum Gasteiger partial charge on any atom is -0.497 e. The Morgan fingerprint density at radius 1 is 1.25 bits per heavy atom. The Kier molecular flexibility index (Phi) is 5.31. The van der Waals surface area contributed by atoms with Gasteiger partial charge in [-0.1, -0.05) is 18.2 Å². The second kappa shape index (κ2) is 7.81. The van der Waals surface area contributed by atoms with Gasteiger partial charge in [-0.3, -0.25) is 4.79 Å². The van der Waals surface area contributed by atoms with Gasteiger partial charge in [0.15, 0.2) is 0 Å². The molecule has 1 heterocycles. The molecule has 0 aliphatic heterocycles. The van der Waals surface area contributed by atoms with Crippen molar-refractivity contribution in [2.75, 3.05) is 13.7 Å². The van der Waals surface area contributed by atoms with E-state index in [1.807, 2.05) is 36.4 Å². The summed E-state index contributed by atoms with van der Waals surface area (Å²) in [6.07, 6.45) is 4.59. The van der Waals surface area contributed by atoms with Crippen LogP contribution < -0.4 is 14.8 Å². The lowest BCUT2D eigenvalue weighted by Crippen LogP contribution is -2.24. The monoisotopic (exact) mass is 326 g/mol. The first kappa shape index (κ1) is 16.3. The van der Waals surface area contributed by atoms with Gasteiger partial charge in [0, 0.05) is 18.8 Å². The lowest BCUT2D eigenvalue weighted by molar-refractivity contribution is -0.120. The number of carbonyl (C=O) groups excluding carboxylic acids is 1. The van der Waals surface area contributed by atoms with Crippen LogP contribution in [-0.4, -0.2) is 24.6 Å². The fourth-order valence-corrected chi connectivity index (χ4v) is 2.32. The molecule has 0 unspecified atom stereocenters. The second-order valence-corrected chi connectivity index (χ2v) is 6.06.